The predicted octanol–water partition coefficient (Wildman–Crippen LogP) is 9.95. The summed E-state index contributed by atoms with van der Waals surface area (Å²) < 4.78 is 17.2. The molecule has 2 aromatic heterocycles. The lowest BCUT2D eigenvalue weighted by Crippen LogP contribution is -2.21. The van der Waals surface area contributed by atoms with E-state index in [-0.39, 0.29) is 11.3 Å². The summed E-state index contributed by atoms with van der Waals surface area (Å²) >= 11 is 0. The van der Waals surface area contributed by atoms with E-state index in [1.165, 1.54) is 47.6 Å². The number of allylic oxidation sites excluding steroid dienone is 13. The Kier molecular flexibility index (Phi) is 10.5. The Morgan fingerprint density at radius 2 is 1.85 bits per heavy atom. The van der Waals surface area contributed by atoms with Gasteiger partial charge in [0.15, 0.2) is 11.2 Å². The second-order valence-electron chi connectivity index (χ2n) is 13.1. The number of hydrogen-bond donors (Lipinski definition) is 1. The standard InChI is InChI=1S/C40H45NO5/c1-27(13-19-34-29(3)11-7-22-40(34,4)5)9-6-10-28(2)25-35(42)41-33-17-14-30(15-18-33)12-8-23-44-39-37-32(21-24-45-37)26-31-16-20-36(43)46-38(31)39/h6,9-10,13-14,16-17,19-21,24-26H,7-8,11-12,15,18,22-23H2,1-5H3,(H,41,42)/b10-6-,19-13+,27-9+,28-25-. The minimum absolute atomic E-state index is 0.118. The third kappa shape index (κ3) is 8.36. The number of carbonyl (C=O) groups is 1. The van der Waals surface area contributed by atoms with Gasteiger partial charge in [-0.05, 0) is 107 Å². The molecule has 0 aliphatic heterocycles. The minimum atomic E-state index is -0.426. The number of amides is 1. The van der Waals surface area contributed by atoms with Crippen LogP contribution < -0.4 is 15.7 Å². The first-order chi connectivity index (χ1) is 22.1. The van der Waals surface area contributed by atoms with Gasteiger partial charge >= 0.3 is 5.63 Å². The summed E-state index contributed by atoms with van der Waals surface area (Å²) in [4.78, 5) is 24.5. The van der Waals surface area contributed by atoms with Crippen LogP contribution in [0, 0.1) is 5.41 Å². The van der Waals surface area contributed by atoms with Crippen molar-refractivity contribution in [1.82, 2.24) is 5.32 Å². The molecule has 1 N–H and O–H groups in total. The fourth-order valence-corrected chi connectivity index (χ4v) is 6.29. The number of carbonyl (C=O) groups excluding carboxylic acids is 1. The molecule has 0 bridgehead atoms. The van der Waals surface area contributed by atoms with E-state index in [1.807, 2.05) is 37.3 Å². The number of nitrogens with one attached hydrogen (secondary N) is 1. The van der Waals surface area contributed by atoms with Crippen molar-refractivity contribution in [2.75, 3.05) is 6.61 Å². The van der Waals surface area contributed by atoms with Crippen LogP contribution in [0.2, 0.25) is 0 Å². The fourth-order valence-electron chi connectivity index (χ4n) is 6.29. The molecule has 3 aromatic rings. The molecule has 0 saturated heterocycles. The molecule has 2 heterocycles. The van der Waals surface area contributed by atoms with Gasteiger partial charge in [-0.3, -0.25) is 4.79 Å². The molecule has 1 amide bonds. The van der Waals surface area contributed by atoms with Gasteiger partial charge in [0.2, 0.25) is 11.7 Å². The van der Waals surface area contributed by atoms with Gasteiger partial charge in [-0.15, -0.1) is 0 Å². The number of benzene rings is 1. The van der Waals surface area contributed by atoms with Crippen molar-refractivity contribution in [3.63, 3.8) is 0 Å². The summed E-state index contributed by atoms with van der Waals surface area (Å²) in [6.07, 6.45) is 24.8. The van der Waals surface area contributed by atoms with Gasteiger partial charge in [-0.25, -0.2) is 4.79 Å². The Morgan fingerprint density at radius 1 is 1.02 bits per heavy atom. The maximum absolute atomic E-state index is 12.6. The Labute approximate surface area is 271 Å². The zero-order chi connectivity index (χ0) is 32.7. The van der Waals surface area contributed by atoms with Gasteiger partial charge in [0.05, 0.1) is 12.9 Å². The van der Waals surface area contributed by atoms with E-state index in [4.69, 9.17) is 13.6 Å². The van der Waals surface area contributed by atoms with Gasteiger partial charge in [0, 0.05) is 28.6 Å². The van der Waals surface area contributed by atoms with Crippen LogP contribution >= 0.6 is 0 Å². The largest absolute Gasteiger partial charge is 0.486 e. The van der Waals surface area contributed by atoms with E-state index < -0.39 is 5.63 Å². The van der Waals surface area contributed by atoms with Crippen LogP contribution in [-0.2, 0) is 4.79 Å². The molecule has 6 nitrogen and oxygen atoms in total. The Morgan fingerprint density at radius 3 is 2.63 bits per heavy atom. The predicted molar refractivity (Wildman–Crippen MR) is 187 cm³/mol. The molecule has 46 heavy (non-hydrogen) atoms. The molecular weight excluding hydrogens is 574 g/mol. The molecule has 6 heteroatoms. The summed E-state index contributed by atoms with van der Waals surface area (Å²) in [5.41, 5.74) is 8.03. The molecule has 0 unspecified atom stereocenters. The number of hydrogen-bond acceptors (Lipinski definition) is 5. The van der Waals surface area contributed by atoms with Crippen LogP contribution in [0.25, 0.3) is 21.9 Å². The van der Waals surface area contributed by atoms with E-state index in [1.54, 1.807) is 18.4 Å². The van der Waals surface area contributed by atoms with Gasteiger partial charge in [-0.2, -0.15) is 0 Å². The zero-order valence-corrected chi connectivity index (χ0v) is 27.7. The monoisotopic (exact) mass is 619 g/mol. The Bertz CT molecular complexity index is 1880. The first kappa shape index (κ1) is 32.8. The molecule has 0 fully saturated rings. The molecule has 0 atom stereocenters. The molecule has 2 aliphatic rings. The van der Waals surface area contributed by atoms with Crippen LogP contribution in [0.1, 0.15) is 79.6 Å². The van der Waals surface area contributed by atoms with Gasteiger partial charge in [0.1, 0.15) is 0 Å². The Balaban J connectivity index is 1.09. The molecule has 0 spiro atoms. The SMILES string of the molecule is CC1=C(/C=C/C(C)=C/C=C\C(C)=C/C(=O)NC2=CC=C(CCCOc3c4occc4cc4ccc(=O)oc34)CC2)C(C)(C)CCC1. The van der Waals surface area contributed by atoms with Crippen LogP contribution in [-0.4, -0.2) is 12.5 Å². The first-order valence-corrected chi connectivity index (χ1v) is 16.3. The molecule has 0 saturated carbocycles. The van der Waals surface area contributed by atoms with E-state index in [0.717, 1.165) is 47.7 Å². The van der Waals surface area contributed by atoms with Crippen molar-refractivity contribution in [2.24, 2.45) is 5.41 Å². The van der Waals surface area contributed by atoms with Crippen LogP contribution in [0.15, 0.2) is 126 Å². The van der Waals surface area contributed by atoms with E-state index in [0.29, 0.717) is 23.5 Å². The van der Waals surface area contributed by atoms with Gasteiger partial charge < -0.3 is 18.9 Å². The average molecular weight is 620 g/mol. The quantitative estimate of drug-likeness (QED) is 0.1000. The van der Waals surface area contributed by atoms with Crippen molar-refractivity contribution < 1.29 is 18.4 Å². The Hall–Kier alpha value is -4.58. The topological polar surface area (TPSA) is 81.7 Å². The molecular formula is C40H45NO5. The third-order valence-electron chi connectivity index (χ3n) is 8.82. The molecule has 0 radical (unpaired) electrons. The highest BCUT2D eigenvalue weighted by Gasteiger charge is 2.26. The summed E-state index contributed by atoms with van der Waals surface area (Å²) in [6, 6.07) is 6.93. The van der Waals surface area contributed by atoms with Gasteiger partial charge in [-0.1, -0.05) is 67.0 Å². The fraction of sp³-hybridized carbons (Fsp3) is 0.350. The lowest BCUT2D eigenvalue weighted by atomic mass is 9.72. The van der Waals surface area contributed by atoms with Crippen LogP contribution in [0.5, 0.6) is 5.75 Å². The van der Waals surface area contributed by atoms with Crippen molar-refractivity contribution in [3.05, 3.63) is 123 Å². The number of furan rings is 1. The maximum atomic E-state index is 12.6. The summed E-state index contributed by atoms with van der Waals surface area (Å²) in [7, 11) is 0. The average Bonchev–Trinajstić information content (AvgIpc) is 3.47. The maximum Gasteiger partial charge on any atom is 0.336 e. The number of rotatable bonds is 11. The molecule has 2 aliphatic carbocycles. The minimum Gasteiger partial charge on any atom is -0.486 e. The van der Waals surface area contributed by atoms with Crippen molar-refractivity contribution in [3.8, 4) is 5.75 Å². The smallest absolute Gasteiger partial charge is 0.336 e. The number of fused-ring (bicyclic) bond motifs is 2. The summed E-state index contributed by atoms with van der Waals surface area (Å²) in [5.74, 6) is 0.345. The second kappa shape index (κ2) is 14.7. The van der Waals surface area contributed by atoms with Crippen molar-refractivity contribution >= 4 is 27.8 Å². The lowest BCUT2D eigenvalue weighted by Gasteiger charge is -2.32. The van der Waals surface area contributed by atoms with E-state index in [2.05, 4.69) is 57.3 Å². The summed E-state index contributed by atoms with van der Waals surface area (Å²) in [6.45, 7) is 11.4. The molecule has 240 valence electrons. The summed E-state index contributed by atoms with van der Waals surface area (Å²) in [5, 5.41) is 4.72. The highest BCUT2D eigenvalue weighted by Crippen LogP contribution is 2.41. The third-order valence-corrected chi connectivity index (χ3v) is 8.82. The second-order valence-corrected chi connectivity index (χ2v) is 13.1. The highest BCUT2D eigenvalue weighted by atomic mass is 16.5. The lowest BCUT2D eigenvalue weighted by molar-refractivity contribution is -0.115. The molecule has 1 aromatic carbocycles. The van der Waals surface area contributed by atoms with Crippen LogP contribution in [0.3, 0.4) is 0 Å². The van der Waals surface area contributed by atoms with Crippen molar-refractivity contribution in [2.45, 2.75) is 79.6 Å². The van der Waals surface area contributed by atoms with Gasteiger partial charge in [0.25, 0.3) is 0 Å². The first-order valence-electron chi connectivity index (χ1n) is 16.3. The van der Waals surface area contributed by atoms with Crippen LogP contribution in [0.4, 0.5) is 0 Å². The normalized spacial score (nSPS) is 17.7. The van der Waals surface area contributed by atoms with E-state index >= 15 is 0 Å². The zero-order valence-electron chi connectivity index (χ0n) is 27.7. The highest BCUT2D eigenvalue weighted by molar-refractivity contribution is 5.99. The number of ether oxygens (including phenoxy) is 1. The van der Waals surface area contributed by atoms with Crippen molar-refractivity contribution in [1.29, 1.82) is 0 Å². The molecule has 5 rings (SSSR count). The van der Waals surface area contributed by atoms with E-state index in [9.17, 15) is 9.59 Å².